The lowest BCUT2D eigenvalue weighted by Crippen LogP contribution is -2.33. The van der Waals surface area contributed by atoms with Gasteiger partial charge in [0.15, 0.2) is 5.65 Å². The van der Waals surface area contributed by atoms with Gasteiger partial charge in [-0.05, 0) is 49.2 Å². The number of aromatic nitrogens is 3. The molecule has 2 amide bonds. The molecular weight excluding hydrogens is 471 g/mol. The number of fused-ring (bicyclic) bond motifs is 1. The molecule has 0 radical (unpaired) electrons. The number of methoxy groups -OCH3 is 1. The molecule has 32 heavy (non-hydrogen) atoms. The largest absolute Gasteiger partial charge is 0.495 e. The molecule has 0 spiro atoms. The number of amides is 2. The summed E-state index contributed by atoms with van der Waals surface area (Å²) in [5.41, 5.74) is 9.67. The van der Waals surface area contributed by atoms with Gasteiger partial charge in [-0.2, -0.15) is 5.10 Å². The van der Waals surface area contributed by atoms with Crippen molar-refractivity contribution in [2.24, 2.45) is 7.05 Å². The van der Waals surface area contributed by atoms with Crippen molar-refractivity contribution < 1.29 is 9.53 Å². The molecule has 0 saturated heterocycles. The predicted octanol–water partition coefficient (Wildman–Crippen LogP) is 5.78. The Balaban J connectivity index is 1.45. The summed E-state index contributed by atoms with van der Waals surface area (Å²) in [7, 11) is 3.39. The Morgan fingerprint density at radius 2 is 1.97 bits per heavy atom. The van der Waals surface area contributed by atoms with Gasteiger partial charge < -0.3 is 4.74 Å². The summed E-state index contributed by atoms with van der Waals surface area (Å²) in [5, 5.41) is 9.22. The van der Waals surface area contributed by atoms with Crippen LogP contribution in [0.25, 0.3) is 22.2 Å². The standard InChI is InChI=1S/C21H20Cl2N6O2S/c1-10-7-16(24-20-18(10)11(2)28-29(20)3)26-27-21(30)25-17-9-13(19(23)32-17)12-5-6-15(31-4)14(22)8-12/h5-9H,1-4H3,(H,24,26)(H2,25,27,30). The summed E-state index contributed by atoms with van der Waals surface area (Å²) >= 11 is 13.9. The zero-order chi connectivity index (χ0) is 23.0. The van der Waals surface area contributed by atoms with Gasteiger partial charge in [0.1, 0.15) is 15.9 Å². The molecule has 1 aromatic carbocycles. The molecule has 3 aromatic heterocycles. The van der Waals surface area contributed by atoms with Crippen LogP contribution in [0.3, 0.4) is 0 Å². The van der Waals surface area contributed by atoms with Crippen LogP contribution >= 0.6 is 34.5 Å². The molecule has 0 saturated carbocycles. The van der Waals surface area contributed by atoms with E-state index in [2.05, 4.69) is 26.3 Å². The molecule has 0 aliphatic heterocycles. The number of benzene rings is 1. The number of hydrogen-bond acceptors (Lipinski definition) is 6. The highest BCUT2D eigenvalue weighted by atomic mass is 35.5. The van der Waals surface area contributed by atoms with E-state index in [1.165, 1.54) is 11.3 Å². The van der Waals surface area contributed by atoms with E-state index >= 15 is 0 Å². The van der Waals surface area contributed by atoms with E-state index in [0.29, 0.717) is 25.9 Å². The van der Waals surface area contributed by atoms with Crippen LogP contribution in [0.5, 0.6) is 5.75 Å². The fourth-order valence-corrected chi connectivity index (χ4v) is 4.92. The number of pyridine rings is 1. The number of hydrazine groups is 1. The third-order valence-electron chi connectivity index (χ3n) is 4.86. The second kappa shape index (κ2) is 8.85. The van der Waals surface area contributed by atoms with Gasteiger partial charge in [-0.3, -0.25) is 20.9 Å². The maximum Gasteiger partial charge on any atom is 0.338 e. The number of rotatable bonds is 5. The lowest BCUT2D eigenvalue weighted by Gasteiger charge is -2.09. The first-order valence-corrected chi connectivity index (χ1v) is 11.1. The lowest BCUT2D eigenvalue weighted by atomic mass is 10.1. The van der Waals surface area contributed by atoms with Crippen LogP contribution in [0.2, 0.25) is 9.36 Å². The number of carbonyl (C=O) groups excluding carboxylic acids is 1. The SMILES string of the molecule is COc1ccc(-c2cc(NC(=O)NNc3cc(C)c4c(C)nn(C)c4n3)sc2Cl)cc1Cl. The molecule has 0 atom stereocenters. The van der Waals surface area contributed by atoms with Crippen LogP contribution in [0.1, 0.15) is 11.3 Å². The van der Waals surface area contributed by atoms with Crippen LogP contribution in [0, 0.1) is 13.8 Å². The van der Waals surface area contributed by atoms with Crippen molar-refractivity contribution in [1.82, 2.24) is 20.2 Å². The Labute approximate surface area is 198 Å². The first kappa shape index (κ1) is 22.2. The number of urea groups is 1. The summed E-state index contributed by atoms with van der Waals surface area (Å²) < 4.78 is 7.42. The maximum atomic E-state index is 12.4. The smallest absolute Gasteiger partial charge is 0.338 e. The van der Waals surface area contributed by atoms with E-state index in [9.17, 15) is 4.79 Å². The minimum Gasteiger partial charge on any atom is -0.495 e. The molecule has 8 nitrogen and oxygen atoms in total. The number of anilines is 2. The molecule has 0 unspecified atom stereocenters. The molecule has 0 fully saturated rings. The van der Waals surface area contributed by atoms with Gasteiger partial charge in [0.25, 0.3) is 0 Å². The Bertz CT molecular complexity index is 1330. The number of nitrogens with one attached hydrogen (secondary N) is 3. The highest BCUT2D eigenvalue weighted by Gasteiger charge is 2.14. The minimum atomic E-state index is -0.456. The summed E-state index contributed by atoms with van der Waals surface area (Å²) in [6, 6.07) is 8.58. The molecular formula is C21H20Cl2N6O2S. The Morgan fingerprint density at radius 3 is 2.69 bits per heavy atom. The number of aryl methyl sites for hydroxylation is 3. The average molecular weight is 491 g/mol. The second-order valence-electron chi connectivity index (χ2n) is 7.08. The Hall–Kier alpha value is -3.01. The summed E-state index contributed by atoms with van der Waals surface area (Å²) in [6.45, 7) is 3.92. The van der Waals surface area contributed by atoms with E-state index in [-0.39, 0.29) is 0 Å². The van der Waals surface area contributed by atoms with E-state index < -0.39 is 6.03 Å². The van der Waals surface area contributed by atoms with Gasteiger partial charge in [0.2, 0.25) is 0 Å². The molecule has 3 N–H and O–H groups in total. The number of thiophene rings is 1. The normalized spacial score (nSPS) is 10.9. The topological polar surface area (TPSA) is 93.1 Å². The third kappa shape index (κ3) is 4.32. The van der Waals surface area contributed by atoms with Gasteiger partial charge in [-0.25, -0.2) is 9.78 Å². The van der Waals surface area contributed by atoms with Crippen molar-refractivity contribution in [2.75, 3.05) is 17.9 Å². The number of nitrogens with zero attached hydrogens (tertiary/aromatic N) is 3. The number of carbonyl (C=O) groups is 1. The van der Waals surface area contributed by atoms with Crippen LogP contribution in [-0.4, -0.2) is 27.9 Å². The van der Waals surface area contributed by atoms with Crippen molar-refractivity contribution >= 4 is 62.4 Å². The van der Waals surface area contributed by atoms with Crippen molar-refractivity contribution in [3.63, 3.8) is 0 Å². The number of hydrogen-bond donors (Lipinski definition) is 3. The molecule has 4 rings (SSSR count). The summed E-state index contributed by atoms with van der Waals surface area (Å²) in [6.07, 6.45) is 0. The van der Waals surface area contributed by atoms with Crippen molar-refractivity contribution in [3.8, 4) is 16.9 Å². The van der Waals surface area contributed by atoms with E-state index in [0.717, 1.165) is 33.4 Å². The fraction of sp³-hybridized carbons (Fsp3) is 0.190. The van der Waals surface area contributed by atoms with Crippen molar-refractivity contribution in [3.05, 3.63) is 50.9 Å². The van der Waals surface area contributed by atoms with Gasteiger partial charge >= 0.3 is 6.03 Å². The van der Waals surface area contributed by atoms with Gasteiger partial charge in [0.05, 0.1) is 22.8 Å². The summed E-state index contributed by atoms with van der Waals surface area (Å²) in [5.74, 6) is 1.08. The van der Waals surface area contributed by atoms with Crippen LogP contribution in [-0.2, 0) is 7.05 Å². The number of ether oxygens (including phenoxy) is 1. The zero-order valence-electron chi connectivity index (χ0n) is 17.7. The monoisotopic (exact) mass is 490 g/mol. The maximum absolute atomic E-state index is 12.4. The first-order chi connectivity index (χ1) is 15.3. The van der Waals surface area contributed by atoms with Crippen LogP contribution in [0.15, 0.2) is 30.3 Å². The third-order valence-corrected chi connectivity index (χ3v) is 6.43. The van der Waals surface area contributed by atoms with Crippen LogP contribution in [0.4, 0.5) is 15.6 Å². The minimum absolute atomic E-state index is 0.456. The van der Waals surface area contributed by atoms with Crippen molar-refractivity contribution in [2.45, 2.75) is 13.8 Å². The van der Waals surface area contributed by atoms with Gasteiger partial charge in [-0.1, -0.05) is 29.3 Å². The molecule has 0 aliphatic carbocycles. The zero-order valence-corrected chi connectivity index (χ0v) is 20.0. The van der Waals surface area contributed by atoms with E-state index in [1.54, 1.807) is 30.0 Å². The number of halogens is 2. The van der Waals surface area contributed by atoms with Crippen LogP contribution < -0.4 is 20.9 Å². The van der Waals surface area contributed by atoms with E-state index in [4.69, 9.17) is 27.9 Å². The molecule has 4 aromatic rings. The highest BCUT2D eigenvalue weighted by Crippen LogP contribution is 2.40. The fourth-order valence-electron chi connectivity index (χ4n) is 3.45. The van der Waals surface area contributed by atoms with E-state index in [1.807, 2.05) is 33.0 Å². The average Bonchev–Trinajstić information content (AvgIpc) is 3.25. The first-order valence-electron chi connectivity index (χ1n) is 9.54. The molecule has 3 heterocycles. The molecule has 166 valence electrons. The molecule has 0 bridgehead atoms. The van der Waals surface area contributed by atoms with Gasteiger partial charge in [0, 0.05) is 18.0 Å². The molecule has 0 aliphatic rings. The van der Waals surface area contributed by atoms with Gasteiger partial charge in [-0.15, -0.1) is 11.3 Å². The van der Waals surface area contributed by atoms with Crippen molar-refractivity contribution in [1.29, 1.82) is 0 Å². The lowest BCUT2D eigenvalue weighted by molar-refractivity contribution is 0.254. The Kier molecular flexibility index (Phi) is 6.14. The summed E-state index contributed by atoms with van der Waals surface area (Å²) in [4.78, 5) is 16.9. The quantitative estimate of drug-likeness (QED) is 0.308. The highest BCUT2D eigenvalue weighted by molar-refractivity contribution is 7.20. The second-order valence-corrected chi connectivity index (χ2v) is 9.14. The molecule has 11 heteroatoms. The Morgan fingerprint density at radius 1 is 1.19 bits per heavy atom. The predicted molar refractivity (Wildman–Crippen MR) is 130 cm³/mol.